The quantitative estimate of drug-likeness (QED) is 0.442. The van der Waals surface area contributed by atoms with Gasteiger partial charge in [0.05, 0.1) is 17.4 Å². The predicted molar refractivity (Wildman–Crippen MR) is 84.1 cm³/mol. The number of hydrogen-bond donors (Lipinski definition) is 4. The van der Waals surface area contributed by atoms with Crippen LogP contribution >= 0.6 is 0 Å². The van der Waals surface area contributed by atoms with Crippen LogP contribution in [-0.2, 0) is 20.8 Å². The van der Waals surface area contributed by atoms with Gasteiger partial charge in [-0.1, -0.05) is 30.3 Å². The highest BCUT2D eigenvalue weighted by Crippen LogP contribution is 2.22. The molecule has 1 aromatic rings. The van der Waals surface area contributed by atoms with Crippen LogP contribution in [-0.4, -0.2) is 45.0 Å². The van der Waals surface area contributed by atoms with Crippen molar-refractivity contribution < 1.29 is 29.7 Å². The van der Waals surface area contributed by atoms with Gasteiger partial charge in [0.15, 0.2) is 6.04 Å². The van der Waals surface area contributed by atoms with Crippen molar-refractivity contribution in [2.24, 2.45) is 0 Å². The first-order valence-electron chi connectivity index (χ1n) is 7.25. The van der Waals surface area contributed by atoms with E-state index in [0.717, 1.165) is 6.08 Å². The predicted octanol–water partition coefficient (Wildman–Crippen LogP) is 0.500. The molecule has 1 aromatic carbocycles. The van der Waals surface area contributed by atoms with E-state index in [9.17, 15) is 24.6 Å². The molecule has 24 heavy (non-hydrogen) atoms. The van der Waals surface area contributed by atoms with Crippen molar-refractivity contribution in [3.05, 3.63) is 59.0 Å². The number of aliphatic hydroxyl groups excluding tert-OH is 2. The van der Waals surface area contributed by atoms with Gasteiger partial charge in [-0.3, -0.25) is 9.59 Å². The van der Waals surface area contributed by atoms with Gasteiger partial charge in [0.1, 0.15) is 5.76 Å². The fourth-order valence-corrected chi connectivity index (χ4v) is 2.31. The van der Waals surface area contributed by atoms with E-state index in [1.54, 1.807) is 30.3 Å². The molecule has 0 aromatic heterocycles. The average molecular weight is 331 g/mol. The van der Waals surface area contributed by atoms with E-state index in [2.05, 4.69) is 5.32 Å². The van der Waals surface area contributed by atoms with E-state index in [1.807, 2.05) is 0 Å². The summed E-state index contributed by atoms with van der Waals surface area (Å²) in [5.74, 6) is -3.55. The fraction of sp³-hybridized carbons (Fsp3) is 0.235. The Morgan fingerprint density at radius 1 is 1.21 bits per heavy atom. The van der Waals surface area contributed by atoms with Crippen molar-refractivity contribution in [3.63, 3.8) is 0 Å². The van der Waals surface area contributed by atoms with E-state index in [1.165, 1.54) is 6.92 Å². The molecular formula is C17H17NO6. The molecule has 0 bridgehead atoms. The van der Waals surface area contributed by atoms with E-state index in [4.69, 9.17) is 5.11 Å². The minimum Gasteiger partial charge on any atom is -0.505 e. The summed E-state index contributed by atoms with van der Waals surface area (Å²) in [6, 6.07) is 7.34. The van der Waals surface area contributed by atoms with E-state index >= 15 is 0 Å². The van der Waals surface area contributed by atoms with Crippen molar-refractivity contribution in [1.82, 2.24) is 5.32 Å². The molecule has 0 spiro atoms. The first kappa shape index (κ1) is 17.4. The number of aliphatic hydroxyl groups is 2. The van der Waals surface area contributed by atoms with Crippen molar-refractivity contribution in [2.45, 2.75) is 25.5 Å². The largest absolute Gasteiger partial charge is 0.505 e. The lowest BCUT2D eigenvalue weighted by atomic mass is 9.92. The second-order valence-corrected chi connectivity index (χ2v) is 5.44. The van der Waals surface area contributed by atoms with Crippen LogP contribution in [0.25, 0.3) is 0 Å². The Morgan fingerprint density at radius 3 is 2.38 bits per heavy atom. The molecule has 0 heterocycles. The lowest BCUT2D eigenvalue weighted by Gasteiger charge is -2.23. The van der Waals surface area contributed by atoms with Crippen LogP contribution in [0.5, 0.6) is 0 Å². The number of allylic oxidation sites excluding steroid dienone is 2. The number of aliphatic carboxylic acids is 1. The van der Waals surface area contributed by atoms with Gasteiger partial charge >= 0.3 is 5.97 Å². The third kappa shape index (κ3) is 3.69. The standard InChI is InChI=1S/C17H17NO6/c1-9(19)14(17(23)24)18-12-8-13(20)16(22)11(15(12)21)7-10-5-3-2-4-6-10/h2-6,8-9,14,18-19,21H,7H2,1H3,(H,23,24)/t9-,14+/m0/s1. The number of carbonyl (C=O) groups excluding carboxylic acids is 2. The van der Waals surface area contributed by atoms with Crippen LogP contribution in [0.2, 0.25) is 0 Å². The highest BCUT2D eigenvalue weighted by Gasteiger charge is 2.32. The number of rotatable bonds is 6. The molecule has 1 aliphatic rings. The monoisotopic (exact) mass is 331 g/mol. The van der Waals surface area contributed by atoms with Crippen molar-refractivity contribution in [1.29, 1.82) is 0 Å². The van der Waals surface area contributed by atoms with Gasteiger partial charge in [0.25, 0.3) is 0 Å². The van der Waals surface area contributed by atoms with Gasteiger partial charge in [-0.25, -0.2) is 4.79 Å². The summed E-state index contributed by atoms with van der Waals surface area (Å²) in [5.41, 5.74) is 0.400. The van der Waals surface area contributed by atoms with Gasteiger partial charge < -0.3 is 20.6 Å². The second kappa shape index (κ2) is 7.10. The lowest BCUT2D eigenvalue weighted by Crippen LogP contribution is -2.45. The summed E-state index contributed by atoms with van der Waals surface area (Å²) in [4.78, 5) is 35.0. The number of benzene rings is 1. The van der Waals surface area contributed by atoms with Crippen molar-refractivity contribution in [2.75, 3.05) is 0 Å². The molecule has 0 aliphatic heterocycles. The first-order valence-corrected chi connectivity index (χ1v) is 7.25. The van der Waals surface area contributed by atoms with E-state index in [-0.39, 0.29) is 17.7 Å². The van der Waals surface area contributed by atoms with Crippen LogP contribution in [0, 0.1) is 0 Å². The molecule has 0 unspecified atom stereocenters. The van der Waals surface area contributed by atoms with Crippen molar-refractivity contribution >= 4 is 17.5 Å². The summed E-state index contributed by atoms with van der Waals surface area (Å²) in [5, 5.41) is 31.3. The van der Waals surface area contributed by atoms with Crippen LogP contribution in [0.3, 0.4) is 0 Å². The highest BCUT2D eigenvalue weighted by molar-refractivity contribution is 6.48. The average Bonchev–Trinajstić information content (AvgIpc) is 2.54. The Kier molecular flexibility index (Phi) is 5.15. The Bertz CT molecular complexity index is 733. The molecule has 1 aliphatic carbocycles. The Morgan fingerprint density at radius 2 is 1.83 bits per heavy atom. The van der Waals surface area contributed by atoms with E-state index in [0.29, 0.717) is 5.56 Å². The minimum absolute atomic E-state index is 0.0304. The normalized spacial score (nSPS) is 17.3. The van der Waals surface area contributed by atoms with Crippen molar-refractivity contribution in [3.8, 4) is 0 Å². The zero-order chi connectivity index (χ0) is 17.9. The third-order valence-corrected chi connectivity index (χ3v) is 3.60. The molecule has 0 radical (unpaired) electrons. The van der Waals surface area contributed by atoms with Gasteiger partial charge in [0.2, 0.25) is 11.6 Å². The Labute approximate surface area is 137 Å². The smallest absolute Gasteiger partial charge is 0.328 e. The lowest BCUT2D eigenvalue weighted by molar-refractivity contribution is -0.141. The summed E-state index contributed by atoms with van der Waals surface area (Å²) >= 11 is 0. The second-order valence-electron chi connectivity index (χ2n) is 5.44. The SMILES string of the molecule is C[C@H](O)[C@@H](NC1=CC(=O)C(=O)C(Cc2ccccc2)=C1O)C(=O)O. The molecule has 7 nitrogen and oxygen atoms in total. The summed E-state index contributed by atoms with van der Waals surface area (Å²) in [7, 11) is 0. The van der Waals surface area contributed by atoms with Gasteiger partial charge in [-0.2, -0.15) is 0 Å². The molecule has 7 heteroatoms. The maximum Gasteiger partial charge on any atom is 0.328 e. The molecular weight excluding hydrogens is 314 g/mol. The molecule has 0 saturated carbocycles. The molecule has 126 valence electrons. The molecule has 0 saturated heterocycles. The maximum atomic E-state index is 12.0. The zero-order valence-electron chi connectivity index (χ0n) is 12.9. The number of carboxylic acids is 1. The highest BCUT2D eigenvalue weighted by atomic mass is 16.4. The number of carboxylic acid groups (broad SMARTS) is 1. The molecule has 0 fully saturated rings. The van der Waals surface area contributed by atoms with Gasteiger partial charge in [0, 0.05) is 12.5 Å². The summed E-state index contributed by atoms with van der Waals surface area (Å²) < 4.78 is 0. The van der Waals surface area contributed by atoms with Crippen LogP contribution in [0.1, 0.15) is 12.5 Å². The topological polar surface area (TPSA) is 124 Å². The van der Waals surface area contributed by atoms with Crippen LogP contribution < -0.4 is 5.32 Å². The Balaban J connectivity index is 2.35. The number of carbonyl (C=O) groups is 3. The van der Waals surface area contributed by atoms with Crippen LogP contribution in [0.15, 0.2) is 53.4 Å². The number of ketones is 2. The minimum atomic E-state index is -1.43. The van der Waals surface area contributed by atoms with Gasteiger partial charge in [-0.15, -0.1) is 0 Å². The first-order chi connectivity index (χ1) is 11.3. The molecule has 0 amide bonds. The number of hydrogen-bond acceptors (Lipinski definition) is 6. The Hall–Kier alpha value is -2.93. The number of nitrogens with one attached hydrogen (secondary N) is 1. The summed E-state index contributed by atoms with van der Waals surface area (Å²) in [6.45, 7) is 1.26. The zero-order valence-corrected chi connectivity index (χ0v) is 12.9. The van der Waals surface area contributed by atoms with Crippen LogP contribution in [0.4, 0.5) is 0 Å². The fourth-order valence-electron chi connectivity index (χ4n) is 2.31. The third-order valence-electron chi connectivity index (χ3n) is 3.60. The number of Topliss-reactive ketones (excluding diaryl/α,β-unsaturated/α-hetero) is 1. The molecule has 4 N–H and O–H groups in total. The molecule has 2 rings (SSSR count). The summed E-state index contributed by atoms with van der Waals surface area (Å²) in [6.07, 6.45) is -0.408. The molecule has 2 atom stereocenters. The van der Waals surface area contributed by atoms with Gasteiger partial charge in [-0.05, 0) is 12.5 Å². The maximum absolute atomic E-state index is 12.0. The van der Waals surface area contributed by atoms with E-state index < -0.39 is 35.4 Å².